The number of ketones is 1. The Morgan fingerprint density at radius 2 is 2.12 bits per heavy atom. The van der Waals surface area contributed by atoms with Gasteiger partial charge in [0.05, 0.1) is 0 Å². The van der Waals surface area contributed by atoms with Gasteiger partial charge in [-0.2, -0.15) is 0 Å². The van der Waals surface area contributed by atoms with Gasteiger partial charge >= 0.3 is 0 Å². The van der Waals surface area contributed by atoms with Crippen molar-refractivity contribution in [2.75, 3.05) is 13.6 Å². The molecule has 0 bridgehead atoms. The molecule has 0 aliphatic rings. The minimum absolute atomic E-state index is 0.194. The quantitative estimate of drug-likeness (QED) is 0.796. The Hall–Kier alpha value is -0.570. The predicted octanol–water partition coefficient (Wildman–Crippen LogP) is 3.10. The first-order valence-electron chi connectivity index (χ1n) is 5.23. The number of Topliss-reactive ketones (excluding diaryl/α,β-unsaturated/α-hetero) is 1. The Balaban J connectivity index is 2.52. The van der Waals surface area contributed by atoms with Gasteiger partial charge in [0.15, 0.2) is 0 Å². The van der Waals surface area contributed by atoms with Crippen LogP contribution >= 0.6 is 23.2 Å². The molecule has 0 unspecified atom stereocenters. The molecule has 1 rings (SSSR count). The average molecular weight is 260 g/mol. The van der Waals surface area contributed by atoms with Crippen molar-refractivity contribution < 1.29 is 4.79 Å². The molecule has 0 heterocycles. The van der Waals surface area contributed by atoms with E-state index in [1.807, 2.05) is 7.05 Å². The third kappa shape index (κ3) is 4.52. The molecule has 16 heavy (non-hydrogen) atoms. The highest BCUT2D eigenvalue weighted by Gasteiger charge is 2.07. The second-order valence-corrected chi connectivity index (χ2v) is 4.50. The number of halogens is 2. The molecule has 0 atom stereocenters. The monoisotopic (exact) mass is 259 g/mol. The van der Waals surface area contributed by atoms with Crippen LogP contribution in [0.4, 0.5) is 0 Å². The lowest BCUT2D eigenvalue weighted by Gasteiger charge is -2.04. The molecule has 0 radical (unpaired) electrons. The van der Waals surface area contributed by atoms with Crippen LogP contribution in [-0.4, -0.2) is 19.4 Å². The lowest BCUT2D eigenvalue weighted by Crippen LogP contribution is -2.11. The summed E-state index contributed by atoms with van der Waals surface area (Å²) >= 11 is 11.8. The molecule has 0 aliphatic heterocycles. The van der Waals surface area contributed by atoms with Crippen molar-refractivity contribution in [2.24, 2.45) is 0 Å². The summed E-state index contributed by atoms with van der Waals surface area (Å²) in [7, 11) is 1.87. The van der Waals surface area contributed by atoms with Crippen molar-refractivity contribution in [1.82, 2.24) is 5.32 Å². The number of nitrogens with one attached hydrogen (secondary N) is 1. The number of rotatable bonds is 6. The lowest BCUT2D eigenvalue weighted by atomic mass is 10.1. The fourth-order valence-electron chi connectivity index (χ4n) is 1.44. The first-order valence-corrected chi connectivity index (χ1v) is 5.99. The summed E-state index contributed by atoms with van der Waals surface area (Å²) in [4.78, 5) is 11.6. The van der Waals surface area contributed by atoms with Crippen molar-refractivity contribution in [3.05, 3.63) is 33.8 Å². The van der Waals surface area contributed by atoms with E-state index in [0.29, 0.717) is 22.9 Å². The van der Waals surface area contributed by atoms with E-state index in [0.717, 1.165) is 18.5 Å². The molecule has 0 saturated carbocycles. The molecule has 0 amide bonds. The number of carbonyl (C=O) groups is 1. The zero-order valence-corrected chi connectivity index (χ0v) is 10.7. The third-order valence-electron chi connectivity index (χ3n) is 2.28. The summed E-state index contributed by atoms with van der Waals surface area (Å²) in [6.07, 6.45) is 1.79. The van der Waals surface area contributed by atoms with Gasteiger partial charge in [0, 0.05) is 22.9 Å². The van der Waals surface area contributed by atoms with E-state index in [-0.39, 0.29) is 5.78 Å². The Bertz CT molecular complexity index is 366. The van der Waals surface area contributed by atoms with Crippen LogP contribution in [0.1, 0.15) is 18.4 Å². The fourth-order valence-corrected chi connectivity index (χ4v) is 1.82. The van der Waals surface area contributed by atoms with Gasteiger partial charge < -0.3 is 5.32 Å². The van der Waals surface area contributed by atoms with E-state index in [2.05, 4.69) is 5.32 Å². The molecule has 88 valence electrons. The van der Waals surface area contributed by atoms with Crippen LogP contribution in [0.25, 0.3) is 0 Å². The van der Waals surface area contributed by atoms with Crippen LogP contribution in [0.5, 0.6) is 0 Å². The zero-order chi connectivity index (χ0) is 12.0. The molecule has 1 aromatic carbocycles. The van der Waals surface area contributed by atoms with E-state index in [1.54, 1.807) is 18.2 Å². The Morgan fingerprint density at radius 3 is 2.81 bits per heavy atom. The highest BCUT2D eigenvalue weighted by molar-refractivity contribution is 6.33. The first-order chi connectivity index (χ1) is 7.63. The molecule has 1 N–H and O–H groups in total. The lowest BCUT2D eigenvalue weighted by molar-refractivity contribution is -0.118. The minimum atomic E-state index is 0.194. The highest BCUT2D eigenvalue weighted by Crippen LogP contribution is 2.21. The number of benzene rings is 1. The van der Waals surface area contributed by atoms with Gasteiger partial charge in [0.2, 0.25) is 0 Å². The molecule has 0 aliphatic carbocycles. The average Bonchev–Trinajstić information content (AvgIpc) is 2.24. The maximum atomic E-state index is 11.6. The Morgan fingerprint density at radius 1 is 1.38 bits per heavy atom. The van der Waals surface area contributed by atoms with Gasteiger partial charge in [-0.1, -0.05) is 23.2 Å². The van der Waals surface area contributed by atoms with E-state index in [1.165, 1.54) is 0 Å². The van der Waals surface area contributed by atoms with Crippen LogP contribution in [0, 0.1) is 0 Å². The van der Waals surface area contributed by atoms with Gasteiger partial charge in [-0.15, -0.1) is 0 Å². The summed E-state index contributed by atoms with van der Waals surface area (Å²) < 4.78 is 0. The predicted molar refractivity (Wildman–Crippen MR) is 68.3 cm³/mol. The number of hydrogen-bond acceptors (Lipinski definition) is 2. The molecular weight excluding hydrogens is 245 g/mol. The van der Waals surface area contributed by atoms with Crippen LogP contribution in [0.2, 0.25) is 10.0 Å². The molecule has 1 aromatic rings. The number of carbonyl (C=O) groups excluding carboxylic acids is 1. The van der Waals surface area contributed by atoms with Crippen molar-refractivity contribution in [3.63, 3.8) is 0 Å². The molecular formula is C12H15Cl2NO. The summed E-state index contributed by atoms with van der Waals surface area (Å²) in [6.45, 7) is 0.856. The maximum Gasteiger partial charge on any atom is 0.137 e. The van der Waals surface area contributed by atoms with Gasteiger partial charge in [0.1, 0.15) is 5.78 Å². The minimum Gasteiger partial charge on any atom is -0.320 e. The van der Waals surface area contributed by atoms with Gasteiger partial charge in [-0.05, 0) is 43.8 Å². The molecule has 0 aromatic heterocycles. The second kappa shape index (κ2) is 6.89. The number of hydrogen-bond donors (Lipinski definition) is 1. The van der Waals surface area contributed by atoms with Crippen LogP contribution in [-0.2, 0) is 11.2 Å². The topological polar surface area (TPSA) is 29.1 Å². The zero-order valence-electron chi connectivity index (χ0n) is 9.22. The summed E-state index contributed by atoms with van der Waals surface area (Å²) in [5.74, 6) is 0.194. The van der Waals surface area contributed by atoms with Crippen LogP contribution < -0.4 is 5.32 Å². The van der Waals surface area contributed by atoms with E-state index in [4.69, 9.17) is 23.2 Å². The third-order valence-corrected chi connectivity index (χ3v) is 2.88. The summed E-state index contributed by atoms with van der Waals surface area (Å²) in [6, 6.07) is 5.19. The van der Waals surface area contributed by atoms with Crippen molar-refractivity contribution in [1.29, 1.82) is 0 Å². The molecule has 0 spiro atoms. The summed E-state index contributed by atoms with van der Waals surface area (Å²) in [5, 5.41) is 4.22. The molecule has 0 fully saturated rings. The van der Waals surface area contributed by atoms with Crippen molar-refractivity contribution >= 4 is 29.0 Å². The normalized spacial score (nSPS) is 10.4. The largest absolute Gasteiger partial charge is 0.320 e. The van der Waals surface area contributed by atoms with Gasteiger partial charge in [-0.3, -0.25) is 4.79 Å². The van der Waals surface area contributed by atoms with Gasteiger partial charge in [0.25, 0.3) is 0 Å². The van der Waals surface area contributed by atoms with Crippen molar-refractivity contribution in [2.45, 2.75) is 19.3 Å². The van der Waals surface area contributed by atoms with E-state index in [9.17, 15) is 4.79 Å². The highest BCUT2D eigenvalue weighted by atomic mass is 35.5. The Kier molecular flexibility index (Phi) is 5.81. The first kappa shape index (κ1) is 13.5. The van der Waals surface area contributed by atoms with Crippen LogP contribution in [0.3, 0.4) is 0 Å². The molecule has 4 heteroatoms. The van der Waals surface area contributed by atoms with E-state index >= 15 is 0 Å². The smallest absolute Gasteiger partial charge is 0.137 e. The fraction of sp³-hybridized carbons (Fsp3) is 0.417. The maximum absolute atomic E-state index is 11.6. The van der Waals surface area contributed by atoms with Gasteiger partial charge in [-0.25, -0.2) is 0 Å². The van der Waals surface area contributed by atoms with Crippen LogP contribution in [0.15, 0.2) is 18.2 Å². The second-order valence-electron chi connectivity index (χ2n) is 3.66. The summed E-state index contributed by atoms with van der Waals surface area (Å²) in [5.41, 5.74) is 0.809. The molecule has 0 saturated heterocycles. The SMILES string of the molecule is CNCCCC(=O)Cc1cc(Cl)ccc1Cl. The molecule has 2 nitrogen and oxygen atoms in total. The standard InChI is InChI=1S/C12H15Cl2NO/c1-15-6-2-3-11(16)8-9-7-10(13)4-5-12(9)14/h4-5,7,15H,2-3,6,8H2,1H3. The Labute approximate surface area is 106 Å². The van der Waals surface area contributed by atoms with Crippen molar-refractivity contribution in [3.8, 4) is 0 Å². The van der Waals surface area contributed by atoms with E-state index < -0.39 is 0 Å².